The van der Waals surface area contributed by atoms with Crippen molar-refractivity contribution in [1.82, 2.24) is 20.1 Å². The van der Waals surface area contributed by atoms with Crippen LogP contribution in [0.4, 0.5) is 0 Å². The van der Waals surface area contributed by atoms with E-state index in [0.29, 0.717) is 16.5 Å². The van der Waals surface area contributed by atoms with E-state index in [1.165, 1.54) is 31.0 Å². The van der Waals surface area contributed by atoms with Gasteiger partial charge in [-0.25, -0.2) is 0 Å². The highest BCUT2D eigenvalue weighted by Gasteiger charge is 2.21. The highest BCUT2D eigenvalue weighted by Crippen LogP contribution is 2.34. The van der Waals surface area contributed by atoms with E-state index >= 15 is 0 Å². The number of carbonyl (C=O) groups is 1. The van der Waals surface area contributed by atoms with Crippen LogP contribution in [-0.4, -0.2) is 37.6 Å². The van der Waals surface area contributed by atoms with Crippen molar-refractivity contribution >= 4 is 33.6 Å². The van der Waals surface area contributed by atoms with Gasteiger partial charge < -0.3 is 10.4 Å². The normalized spacial score (nSPS) is 14.6. The SMILES string of the molecule is O=C(CSc1nnc(-c2cc(Br)ccc2O)n1-c1ccccc1)NC1CCCCC1. The van der Waals surface area contributed by atoms with E-state index in [0.717, 1.165) is 23.0 Å². The number of aromatic hydroxyl groups is 1. The molecule has 1 heterocycles. The smallest absolute Gasteiger partial charge is 0.230 e. The van der Waals surface area contributed by atoms with Gasteiger partial charge in [-0.15, -0.1) is 10.2 Å². The molecule has 1 aliphatic rings. The molecular weight excluding hydrogens is 464 g/mol. The number of carbonyl (C=O) groups excluding carboxylic acids is 1. The van der Waals surface area contributed by atoms with Crippen molar-refractivity contribution < 1.29 is 9.90 Å². The summed E-state index contributed by atoms with van der Waals surface area (Å²) in [6.07, 6.45) is 5.73. The van der Waals surface area contributed by atoms with Crippen LogP contribution in [0.3, 0.4) is 0 Å². The maximum Gasteiger partial charge on any atom is 0.230 e. The monoisotopic (exact) mass is 486 g/mol. The predicted molar refractivity (Wildman–Crippen MR) is 122 cm³/mol. The van der Waals surface area contributed by atoms with Crippen molar-refractivity contribution in [3.63, 3.8) is 0 Å². The van der Waals surface area contributed by atoms with Gasteiger partial charge in [-0.05, 0) is 43.2 Å². The number of phenolic OH excluding ortho intramolecular Hbond substituents is 1. The van der Waals surface area contributed by atoms with Gasteiger partial charge in [0.15, 0.2) is 11.0 Å². The molecule has 4 rings (SSSR count). The lowest BCUT2D eigenvalue weighted by atomic mass is 9.95. The summed E-state index contributed by atoms with van der Waals surface area (Å²) in [5.74, 6) is 0.928. The van der Waals surface area contributed by atoms with Gasteiger partial charge in [0.25, 0.3) is 0 Å². The van der Waals surface area contributed by atoms with E-state index in [1.807, 2.05) is 41.0 Å². The van der Waals surface area contributed by atoms with E-state index < -0.39 is 0 Å². The van der Waals surface area contributed by atoms with E-state index in [9.17, 15) is 9.90 Å². The third-order valence-corrected chi connectivity index (χ3v) is 6.57. The topological polar surface area (TPSA) is 80.0 Å². The van der Waals surface area contributed by atoms with Crippen molar-refractivity contribution in [3.05, 3.63) is 53.0 Å². The molecule has 1 amide bonds. The number of nitrogens with zero attached hydrogens (tertiary/aromatic N) is 3. The first kappa shape index (κ1) is 20.9. The molecule has 0 unspecified atom stereocenters. The molecule has 1 aromatic heterocycles. The first-order chi connectivity index (χ1) is 14.6. The Bertz CT molecular complexity index is 1020. The average Bonchev–Trinajstić information content (AvgIpc) is 3.19. The molecule has 3 aromatic rings. The number of rotatable bonds is 6. The lowest BCUT2D eigenvalue weighted by Gasteiger charge is -2.22. The zero-order valence-electron chi connectivity index (χ0n) is 16.4. The average molecular weight is 487 g/mol. The molecule has 8 heteroatoms. The van der Waals surface area contributed by atoms with Crippen LogP contribution >= 0.6 is 27.7 Å². The fraction of sp³-hybridized carbons (Fsp3) is 0.318. The second-order valence-electron chi connectivity index (χ2n) is 7.33. The Labute approximate surface area is 188 Å². The van der Waals surface area contributed by atoms with Gasteiger partial charge in [0.1, 0.15) is 5.75 Å². The number of amides is 1. The number of aromatic nitrogens is 3. The molecule has 0 atom stereocenters. The Morgan fingerprint density at radius 2 is 1.90 bits per heavy atom. The van der Waals surface area contributed by atoms with E-state index in [1.54, 1.807) is 12.1 Å². The number of halogens is 1. The lowest BCUT2D eigenvalue weighted by molar-refractivity contribution is -0.119. The highest BCUT2D eigenvalue weighted by atomic mass is 79.9. The maximum absolute atomic E-state index is 12.5. The minimum atomic E-state index is 0.0152. The van der Waals surface area contributed by atoms with Crippen molar-refractivity contribution in [3.8, 4) is 22.8 Å². The van der Waals surface area contributed by atoms with Crippen LogP contribution in [0.25, 0.3) is 17.1 Å². The van der Waals surface area contributed by atoms with Gasteiger partial charge in [-0.3, -0.25) is 9.36 Å². The summed E-state index contributed by atoms with van der Waals surface area (Å²) >= 11 is 4.80. The third-order valence-electron chi connectivity index (χ3n) is 5.15. The Hall–Kier alpha value is -2.32. The van der Waals surface area contributed by atoms with Crippen molar-refractivity contribution in [1.29, 1.82) is 0 Å². The Morgan fingerprint density at radius 3 is 2.67 bits per heavy atom. The molecule has 0 spiro atoms. The largest absolute Gasteiger partial charge is 0.507 e. The number of thioether (sulfide) groups is 1. The lowest BCUT2D eigenvalue weighted by Crippen LogP contribution is -2.37. The number of nitrogens with one attached hydrogen (secondary N) is 1. The van der Waals surface area contributed by atoms with Crippen LogP contribution in [0, 0.1) is 0 Å². The van der Waals surface area contributed by atoms with Crippen LogP contribution in [0.1, 0.15) is 32.1 Å². The zero-order valence-corrected chi connectivity index (χ0v) is 18.8. The summed E-state index contributed by atoms with van der Waals surface area (Å²) in [5, 5.41) is 22.8. The summed E-state index contributed by atoms with van der Waals surface area (Å²) in [4.78, 5) is 12.5. The molecule has 156 valence electrons. The van der Waals surface area contributed by atoms with E-state index in [4.69, 9.17) is 0 Å². The molecule has 2 N–H and O–H groups in total. The Morgan fingerprint density at radius 1 is 1.13 bits per heavy atom. The molecule has 30 heavy (non-hydrogen) atoms. The summed E-state index contributed by atoms with van der Waals surface area (Å²) < 4.78 is 2.71. The molecule has 0 bridgehead atoms. The van der Waals surface area contributed by atoms with Crippen molar-refractivity contribution in [2.75, 3.05) is 5.75 Å². The van der Waals surface area contributed by atoms with Crippen LogP contribution in [0.2, 0.25) is 0 Å². The molecular formula is C22H23BrN4O2S. The number of hydrogen-bond acceptors (Lipinski definition) is 5. The number of para-hydroxylation sites is 1. The molecule has 6 nitrogen and oxygen atoms in total. The van der Waals surface area contributed by atoms with E-state index in [2.05, 4.69) is 31.4 Å². The Balaban J connectivity index is 1.59. The maximum atomic E-state index is 12.5. The molecule has 0 aliphatic heterocycles. The fourth-order valence-corrected chi connectivity index (χ4v) is 4.81. The third kappa shape index (κ3) is 4.87. The summed E-state index contributed by atoms with van der Waals surface area (Å²) in [6.45, 7) is 0. The molecule has 0 radical (unpaired) electrons. The Kier molecular flexibility index (Phi) is 6.74. The summed E-state index contributed by atoms with van der Waals surface area (Å²) in [6, 6.07) is 15.2. The van der Waals surface area contributed by atoms with E-state index in [-0.39, 0.29) is 23.5 Å². The van der Waals surface area contributed by atoms with Gasteiger partial charge in [-0.2, -0.15) is 0 Å². The molecule has 1 fully saturated rings. The second-order valence-corrected chi connectivity index (χ2v) is 9.19. The number of benzene rings is 2. The number of hydrogen-bond donors (Lipinski definition) is 2. The van der Waals surface area contributed by atoms with Gasteiger partial charge >= 0.3 is 0 Å². The van der Waals surface area contributed by atoms with Crippen LogP contribution in [0.5, 0.6) is 5.75 Å². The first-order valence-corrected chi connectivity index (χ1v) is 11.8. The molecule has 0 saturated heterocycles. The zero-order chi connectivity index (χ0) is 20.9. The predicted octanol–water partition coefficient (Wildman–Crippen LogP) is 4.94. The quantitative estimate of drug-likeness (QED) is 0.482. The molecule has 1 aliphatic carbocycles. The van der Waals surface area contributed by atoms with Crippen LogP contribution in [-0.2, 0) is 4.79 Å². The van der Waals surface area contributed by atoms with Gasteiger partial charge in [0.2, 0.25) is 5.91 Å². The van der Waals surface area contributed by atoms with Gasteiger partial charge in [0.05, 0.1) is 11.3 Å². The van der Waals surface area contributed by atoms with Gasteiger partial charge in [-0.1, -0.05) is 65.2 Å². The van der Waals surface area contributed by atoms with Crippen molar-refractivity contribution in [2.24, 2.45) is 0 Å². The number of phenols is 1. The fourth-order valence-electron chi connectivity index (χ4n) is 3.68. The minimum absolute atomic E-state index is 0.0152. The second kappa shape index (κ2) is 9.66. The standard InChI is InChI=1S/C22H23BrN4O2S/c23-15-11-12-19(28)18(13-15)21-25-26-22(27(21)17-9-5-2-6-10-17)30-14-20(29)24-16-7-3-1-4-8-16/h2,5-6,9-13,16,28H,1,3-4,7-8,14H2,(H,24,29). The molecule has 2 aromatic carbocycles. The summed E-state index contributed by atoms with van der Waals surface area (Å²) in [5.41, 5.74) is 1.44. The van der Waals surface area contributed by atoms with Crippen LogP contribution in [0.15, 0.2) is 58.2 Å². The van der Waals surface area contributed by atoms with Crippen molar-refractivity contribution in [2.45, 2.75) is 43.3 Å². The highest BCUT2D eigenvalue weighted by molar-refractivity contribution is 9.10. The van der Waals surface area contributed by atoms with Crippen LogP contribution < -0.4 is 5.32 Å². The molecule has 1 saturated carbocycles. The summed E-state index contributed by atoms with van der Waals surface area (Å²) in [7, 11) is 0. The van der Waals surface area contributed by atoms with Gasteiger partial charge in [0, 0.05) is 16.2 Å². The first-order valence-electron chi connectivity index (χ1n) is 10.0. The minimum Gasteiger partial charge on any atom is -0.507 e.